The van der Waals surface area contributed by atoms with Crippen LogP contribution in [0.2, 0.25) is 0 Å². The van der Waals surface area contributed by atoms with Gasteiger partial charge >= 0.3 is 12.1 Å². The Morgan fingerprint density at radius 2 is 1.72 bits per heavy atom. The number of aliphatic carboxylic acids is 1. The van der Waals surface area contributed by atoms with Crippen LogP contribution >= 0.6 is 0 Å². The van der Waals surface area contributed by atoms with Crippen LogP contribution in [-0.4, -0.2) is 34.6 Å². The third-order valence-corrected chi connectivity index (χ3v) is 2.91. The molecule has 1 atom stereocenters. The van der Waals surface area contributed by atoms with Crippen LogP contribution in [0.4, 0.5) is 18.0 Å². The zero-order valence-electron chi connectivity index (χ0n) is 13.9. The molecule has 1 amide bonds. The average Bonchev–Trinajstić information content (AvgIpc) is 2.41. The average molecular weight is 361 g/mol. The lowest BCUT2D eigenvalue weighted by atomic mass is 10.0. The standard InChI is InChI=1S/C16H18F3NO5/c1-16(2,3)25-15(24)20-8(7-12(22)23)6-11(21)9-4-5-10(17)14(19)13(9)18/h4-5,8H,6-7H2,1-3H3,(H,20,24)(H,22,23)/t8-/m1/s1. The van der Waals surface area contributed by atoms with Crippen molar-refractivity contribution >= 4 is 17.8 Å². The highest BCUT2D eigenvalue weighted by molar-refractivity contribution is 5.97. The van der Waals surface area contributed by atoms with Crippen LogP contribution in [0.1, 0.15) is 44.0 Å². The highest BCUT2D eigenvalue weighted by Crippen LogP contribution is 2.18. The molecule has 0 spiro atoms. The molecule has 25 heavy (non-hydrogen) atoms. The molecule has 138 valence electrons. The number of alkyl carbamates (subject to hydrolysis) is 1. The summed E-state index contributed by atoms with van der Waals surface area (Å²) in [6, 6.07) is 0.118. The second-order valence-corrected chi connectivity index (χ2v) is 6.29. The van der Waals surface area contributed by atoms with Gasteiger partial charge in [-0.2, -0.15) is 0 Å². The number of ether oxygens (including phenoxy) is 1. The van der Waals surface area contributed by atoms with Gasteiger partial charge in [-0.3, -0.25) is 9.59 Å². The monoisotopic (exact) mass is 361 g/mol. The van der Waals surface area contributed by atoms with Crippen LogP contribution in [0, 0.1) is 17.5 Å². The number of nitrogens with one attached hydrogen (secondary N) is 1. The number of Topliss-reactive ketones (excluding diaryl/α,β-unsaturated/α-hetero) is 1. The van der Waals surface area contributed by atoms with E-state index < -0.39 is 65.3 Å². The largest absolute Gasteiger partial charge is 0.481 e. The van der Waals surface area contributed by atoms with Gasteiger partial charge in [-0.15, -0.1) is 0 Å². The third-order valence-electron chi connectivity index (χ3n) is 2.91. The summed E-state index contributed by atoms with van der Waals surface area (Å²) in [7, 11) is 0. The minimum atomic E-state index is -1.80. The number of carboxylic acid groups (broad SMARTS) is 1. The van der Waals surface area contributed by atoms with Crippen molar-refractivity contribution in [1.82, 2.24) is 5.32 Å². The van der Waals surface area contributed by atoms with Crippen LogP contribution in [0.15, 0.2) is 12.1 Å². The first kappa shape index (κ1) is 20.5. The molecule has 6 nitrogen and oxygen atoms in total. The Labute approximate surface area is 142 Å². The predicted octanol–water partition coefficient (Wildman–Crippen LogP) is 3.04. The lowest BCUT2D eigenvalue weighted by molar-refractivity contribution is -0.137. The van der Waals surface area contributed by atoms with Gasteiger partial charge in [0.2, 0.25) is 0 Å². The van der Waals surface area contributed by atoms with Gasteiger partial charge in [0, 0.05) is 12.5 Å². The van der Waals surface area contributed by atoms with E-state index in [4.69, 9.17) is 9.84 Å². The number of benzene rings is 1. The molecule has 0 radical (unpaired) electrons. The van der Waals surface area contributed by atoms with E-state index in [1.165, 1.54) is 0 Å². The summed E-state index contributed by atoms with van der Waals surface area (Å²) in [5.41, 5.74) is -1.59. The maximum atomic E-state index is 13.6. The molecule has 0 saturated heterocycles. The molecule has 0 heterocycles. The van der Waals surface area contributed by atoms with Crippen LogP contribution in [0.5, 0.6) is 0 Å². The van der Waals surface area contributed by atoms with E-state index in [1.807, 2.05) is 0 Å². The number of rotatable bonds is 6. The number of ketones is 1. The van der Waals surface area contributed by atoms with Crippen LogP contribution < -0.4 is 5.32 Å². The molecule has 2 N–H and O–H groups in total. The molecule has 1 aromatic carbocycles. The Kier molecular flexibility index (Phi) is 6.55. The van der Waals surface area contributed by atoms with Gasteiger partial charge in [-0.25, -0.2) is 18.0 Å². The molecule has 0 aliphatic rings. The first-order chi connectivity index (χ1) is 11.4. The molecule has 9 heteroatoms. The first-order valence-corrected chi connectivity index (χ1v) is 7.28. The molecule has 0 bridgehead atoms. The molecular weight excluding hydrogens is 343 g/mol. The highest BCUT2D eigenvalue weighted by atomic mass is 19.2. The smallest absolute Gasteiger partial charge is 0.407 e. The van der Waals surface area contributed by atoms with Crippen molar-refractivity contribution in [2.75, 3.05) is 0 Å². The second kappa shape index (κ2) is 8.00. The number of amides is 1. The van der Waals surface area contributed by atoms with E-state index in [2.05, 4.69) is 5.32 Å². The lowest BCUT2D eigenvalue weighted by Gasteiger charge is -2.22. The van der Waals surface area contributed by atoms with Gasteiger partial charge in [0.1, 0.15) is 5.60 Å². The molecule has 0 aromatic heterocycles. The molecule has 1 aromatic rings. The number of carbonyl (C=O) groups excluding carboxylic acids is 2. The topological polar surface area (TPSA) is 92.7 Å². The predicted molar refractivity (Wildman–Crippen MR) is 80.7 cm³/mol. The number of halogens is 3. The SMILES string of the molecule is CC(C)(C)OC(=O)N[C@@H](CC(=O)O)CC(=O)c1ccc(F)c(F)c1F. The maximum absolute atomic E-state index is 13.6. The van der Waals surface area contributed by atoms with Gasteiger partial charge in [0.15, 0.2) is 23.2 Å². The van der Waals surface area contributed by atoms with Crippen molar-refractivity contribution < 1.29 is 37.4 Å². The summed E-state index contributed by atoms with van der Waals surface area (Å²) < 4.78 is 44.7. The second-order valence-electron chi connectivity index (χ2n) is 6.29. The molecule has 0 unspecified atom stereocenters. The molecule has 0 fully saturated rings. The van der Waals surface area contributed by atoms with Gasteiger partial charge in [0.05, 0.1) is 12.0 Å². The number of carbonyl (C=O) groups is 3. The summed E-state index contributed by atoms with van der Waals surface area (Å²) in [4.78, 5) is 34.7. The van der Waals surface area contributed by atoms with Gasteiger partial charge < -0.3 is 15.2 Å². The molecule has 0 aliphatic carbocycles. The fourth-order valence-electron chi connectivity index (χ4n) is 1.93. The third kappa shape index (κ3) is 6.44. The van der Waals surface area contributed by atoms with E-state index in [-0.39, 0.29) is 0 Å². The summed E-state index contributed by atoms with van der Waals surface area (Å²) in [5, 5.41) is 11.1. The zero-order valence-corrected chi connectivity index (χ0v) is 13.9. The summed E-state index contributed by atoms with van der Waals surface area (Å²) in [6.07, 6.45) is -2.23. The normalized spacial score (nSPS) is 12.4. The summed E-state index contributed by atoms with van der Waals surface area (Å²) in [6.45, 7) is 4.75. The van der Waals surface area contributed by atoms with Crippen LogP contribution in [0.25, 0.3) is 0 Å². The molecule has 1 rings (SSSR count). The van der Waals surface area contributed by atoms with Crippen molar-refractivity contribution in [2.45, 2.75) is 45.3 Å². The van der Waals surface area contributed by atoms with Crippen molar-refractivity contribution in [3.05, 3.63) is 35.1 Å². The first-order valence-electron chi connectivity index (χ1n) is 7.28. The molecule has 0 saturated carbocycles. The zero-order chi connectivity index (χ0) is 19.4. The minimum absolute atomic E-state index is 0.582. The van der Waals surface area contributed by atoms with E-state index in [0.717, 1.165) is 6.07 Å². The van der Waals surface area contributed by atoms with Crippen LogP contribution in [-0.2, 0) is 9.53 Å². The van der Waals surface area contributed by atoms with Crippen molar-refractivity contribution in [3.63, 3.8) is 0 Å². The number of carboxylic acids is 1. The van der Waals surface area contributed by atoms with Gasteiger partial charge in [-0.1, -0.05) is 0 Å². The summed E-state index contributed by atoms with van der Waals surface area (Å²) in [5.74, 6) is -7.24. The summed E-state index contributed by atoms with van der Waals surface area (Å²) >= 11 is 0. The number of hydrogen-bond acceptors (Lipinski definition) is 4. The van der Waals surface area contributed by atoms with E-state index in [1.54, 1.807) is 20.8 Å². The van der Waals surface area contributed by atoms with Crippen molar-refractivity contribution in [1.29, 1.82) is 0 Å². The van der Waals surface area contributed by atoms with E-state index in [0.29, 0.717) is 6.07 Å². The Morgan fingerprint density at radius 3 is 2.24 bits per heavy atom. The number of hydrogen-bond donors (Lipinski definition) is 2. The van der Waals surface area contributed by atoms with Gasteiger partial charge in [-0.05, 0) is 32.9 Å². The van der Waals surface area contributed by atoms with Crippen LogP contribution in [0.3, 0.4) is 0 Å². The Hall–Kier alpha value is -2.58. The lowest BCUT2D eigenvalue weighted by Crippen LogP contribution is -2.41. The Bertz CT molecular complexity index is 685. The minimum Gasteiger partial charge on any atom is -0.481 e. The fraction of sp³-hybridized carbons (Fsp3) is 0.438. The van der Waals surface area contributed by atoms with E-state index in [9.17, 15) is 27.6 Å². The maximum Gasteiger partial charge on any atom is 0.407 e. The van der Waals surface area contributed by atoms with Gasteiger partial charge in [0.25, 0.3) is 0 Å². The Morgan fingerprint density at radius 1 is 1.12 bits per heavy atom. The quantitative estimate of drug-likeness (QED) is 0.600. The fourth-order valence-corrected chi connectivity index (χ4v) is 1.93. The highest BCUT2D eigenvalue weighted by Gasteiger charge is 2.26. The molecule has 0 aliphatic heterocycles. The molecular formula is C16H18F3NO5. The van der Waals surface area contributed by atoms with Crippen molar-refractivity contribution in [3.8, 4) is 0 Å². The Balaban J connectivity index is 2.91. The van der Waals surface area contributed by atoms with E-state index >= 15 is 0 Å². The van der Waals surface area contributed by atoms with Crippen molar-refractivity contribution in [2.24, 2.45) is 0 Å².